The van der Waals surface area contributed by atoms with E-state index in [4.69, 9.17) is 0 Å². The van der Waals surface area contributed by atoms with Gasteiger partial charge >= 0.3 is 0 Å². The van der Waals surface area contributed by atoms with Crippen LogP contribution >= 0.6 is 0 Å². The fourth-order valence-corrected chi connectivity index (χ4v) is 3.71. The Bertz CT molecular complexity index is 956. The predicted octanol–water partition coefficient (Wildman–Crippen LogP) is 3.21. The third-order valence-electron chi connectivity index (χ3n) is 4.90. The van der Waals surface area contributed by atoms with E-state index in [1.165, 1.54) is 0 Å². The zero-order valence-corrected chi connectivity index (χ0v) is 12.8. The van der Waals surface area contributed by atoms with Crippen LogP contribution in [-0.2, 0) is 6.61 Å². The van der Waals surface area contributed by atoms with Crippen LogP contribution in [-0.4, -0.2) is 21.4 Å². The molecule has 0 fully saturated rings. The van der Waals surface area contributed by atoms with Gasteiger partial charge in [0.25, 0.3) is 0 Å². The van der Waals surface area contributed by atoms with Gasteiger partial charge in [-0.3, -0.25) is 0 Å². The fourth-order valence-electron chi connectivity index (χ4n) is 3.71. The maximum atomic E-state index is 10.3. The molecule has 0 saturated carbocycles. The molecule has 3 aromatic carbocycles. The van der Waals surface area contributed by atoms with Crippen molar-refractivity contribution in [2.45, 2.75) is 25.7 Å². The van der Waals surface area contributed by atoms with Crippen molar-refractivity contribution in [2.75, 3.05) is 0 Å². The molecule has 1 aliphatic rings. The molecule has 0 aliphatic heterocycles. The summed E-state index contributed by atoms with van der Waals surface area (Å²) in [5.41, 5.74) is 3.62. The molecule has 116 valence electrons. The van der Waals surface area contributed by atoms with Crippen molar-refractivity contribution in [2.24, 2.45) is 0 Å². The van der Waals surface area contributed by atoms with Gasteiger partial charge in [-0.05, 0) is 50.7 Å². The number of aliphatic hydroxyl groups is 3. The molecule has 0 aromatic heterocycles. The highest BCUT2D eigenvalue weighted by Crippen LogP contribution is 2.39. The lowest BCUT2D eigenvalue weighted by Crippen LogP contribution is -2.19. The van der Waals surface area contributed by atoms with Crippen LogP contribution in [0.4, 0.5) is 0 Å². The predicted molar refractivity (Wildman–Crippen MR) is 92.1 cm³/mol. The van der Waals surface area contributed by atoms with Crippen LogP contribution in [0.5, 0.6) is 0 Å². The highest BCUT2D eigenvalue weighted by molar-refractivity contribution is 6.09. The van der Waals surface area contributed by atoms with E-state index in [2.05, 4.69) is 13.0 Å². The number of aliphatic hydroxyl groups excluding tert-OH is 3. The van der Waals surface area contributed by atoms with Gasteiger partial charge in [0.15, 0.2) is 0 Å². The van der Waals surface area contributed by atoms with Gasteiger partial charge in [0.2, 0.25) is 0 Å². The second-order valence-corrected chi connectivity index (χ2v) is 6.09. The van der Waals surface area contributed by atoms with Crippen LogP contribution in [0.1, 0.15) is 28.4 Å². The topological polar surface area (TPSA) is 60.7 Å². The molecule has 0 saturated heterocycles. The Morgan fingerprint density at radius 3 is 2.43 bits per heavy atom. The summed E-state index contributed by atoms with van der Waals surface area (Å²) in [6.07, 6.45) is 1.64. The highest BCUT2D eigenvalue weighted by atomic mass is 16.3. The maximum Gasteiger partial charge on any atom is 0.109 e. The number of fused-ring (bicyclic) bond motifs is 4. The van der Waals surface area contributed by atoms with E-state index >= 15 is 0 Å². The number of hydrogen-bond donors (Lipinski definition) is 3. The highest BCUT2D eigenvalue weighted by Gasteiger charge is 2.25. The molecule has 3 nitrogen and oxygen atoms in total. The van der Waals surface area contributed by atoms with Crippen molar-refractivity contribution in [3.05, 3.63) is 64.7 Å². The molecule has 4 rings (SSSR count). The van der Waals surface area contributed by atoms with Gasteiger partial charge in [-0.15, -0.1) is 0 Å². The largest absolute Gasteiger partial charge is 0.392 e. The van der Waals surface area contributed by atoms with Gasteiger partial charge in [0, 0.05) is 0 Å². The molecule has 0 spiro atoms. The summed E-state index contributed by atoms with van der Waals surface area (Å²) >= 11 is 0. The maximum absolute atomic E-state index is 10.3. The zero-order valence-electron chi connectivity index (χ0n) is 12.8. The first kappa shape index (κ1) is 14.4. The zero-order chi connectivity index (χ0) is 16.1. The molecule has 0 bridgehead atoms. The SMILES string of the molecule is Cc1c2ccccc2c(CO)c2c3c(ccc12)[C@@H](O)[C@H](O)C=C3. The van der Waals surface area contributed by atoms with Crippen LogP contribution in [0.25, 0.3) is 27.6 Å². The van der Waals surface area contributed by atoms with Crippen molar-refractivity contribution in [1.29, 1.82) is 0 Å². The van der Waals surface area contributed by atoms with Gasteiger partial charge in [-0.25, -0.2) is 0 Å². The van der Waals surface area contributed by atoms with Gasteiger partial charge in [-0.1, -0.05) is 48.6 Å². The summed E-state index contributed by atoms with van der Waals surface area (Å²) in [4.78, 5) is 0. The molecule has 1 aliphatic carbocycles. The first-order valence-electron chi connectivity index (χ1n) is 7.75. The molecule has 2 atom stereocenters. The van der Waals surface area contributed by atoms with Gasteiger partial charge < -0.3 is 15.3 Å². The molecule has 3 N–H and O–H groups in total. The van der Waals surface area contributed by atoms with Crippen LogP contribution in [0, 0.1) is 6.92 Å². The Morgan fingerprint density at radius 2 is 1.70 bits per heavy atom. The van der Waals surface area contributed by atoms with Crippen molar-refractivity contribution in [3.8, 4) is 0 Å². The Kier molecular flexibility index (Phi) is 3.23. The summed E-state index contributed by atoms with van der Waals surface area (Å²) in [7, 11) is 0. The van der Waals surface area contributed by atoms with Crippen molar-refractivity contribution < 1.29 is 15.3 Å². The van der Waals surface area contributed by atoms with Crippen LogP contribution in [0.2, 0.25) is 0 Å². The summed E-state index contributed by atoms with van der Waals surface area (Å²) < 4.78 is 0. The Balaban J connectivity index is 2.23. The van der Waals surface area contributed by atoms with E-state index in [0.717, 1.165) is 38.2 Å². The van der Waals surface area contributed by atoms with E-state index in [1.807, 2.05) is 36.4 Å². The van der Waals surface area contributed by atoms with E-state index < -0.39 is 12.2 Å². The van der Waals surface area contributed by atoms with E-state index in [-0.39, 0.29) is 6.61 Å². The fraction of sp³-hybridized carbons (Fsp3) is 0.200. The van der Waals surface area contributed by atoms with Gasteiger partial charge in [0.05, 0.1) is 6.61 Å². The number of benzene rings is 3. The molecular formula is C20H18O3. The average molecular weight is 306 g/mol. The molecule has 0 radical (unpaired) electrons. The van der Waals surface area contributed by atoms with Gasteiger partial charge in [-0.2, -0.15) is 0 Å². The smallest absolute Gasteiger partial charge is 0.109 e. The number of rotatable bonds is 1. The second-order valence-electron chi connectivity index (χ2n) is 6.09. The third kappa shape index (κ3) is 1.94. The Morgan fingerprint density at radius 1 is 0.957 bits per heavy atom. The number of hydrogen-bond acceptors (Lipinski definition) is 3. The lowest BCUT2D eigenvalue weighted by molar-refractivity contribution is 0.0471. The average Bonchev–Trinajstić information content (AvgIpc) is 2.58. The molecule has 23 heavy (non-hydrogen) atoms. The van der Waals surface area contributed by atoms with Crippen LogP contribution in [0.3, 0.4) is 0 Å². The Hall–Kier alpha value is -2.20. The molecule has 0 unspecified atom stereocenters. The van der Waals surface area contributed by atoms with Crippen molar-refractivity contribution >= 4 is 27.6 Å². The lowest BCUT2D eigenvalue weighted by atomic mass is 9.84. The summed E-state index contributed by atoms with van der Waals surface area (Å²) in [5.74, 6) is 0. The van der Waals surface area contributed by atoms with E-state index in [9.17, 15) is 15.3 Å². The standard InChI is InChI=1S/C20H18O3/c1-11-12-4-2-3-5-14(12)17(10-21)19-13(11)6-7-16-15(19)8-9-18(22)20(16)23/h2-9,18,20-23H,10H2,1H3/t18-,20-/m1/s1. The quantitative estimate of drug-likeness (QED) is 0.605. The number of aryl methyl sites for hydroxylation is 1. The van der Waals surface area contributed by atoms with E-state index in [0.29, 0.717) is 5.56 Å². The first-order valence-corrected chi connectivity index (χ1v) is 7.75. The van der Waals surface area contributed by atoms with Crippen molar-refractivity contribution in [3.63, 3.8) is 0 Å². The minimum Gasteiger partial charge on any atom is -0.392 e. The van der Waals surface area contributed by atoms with Crippen molar-refractivity contribution in [1.82, 2.24) is 0 Å². The van der Waals surface area contributed by atoms with Crippen LogP contribution in [0.15, 0.2) is 42.5 Å². The molecular weight excluding hydrogens is 288 g/mol. The first-order chi connectivity index (χ1) is 11.1. The third-order valence-corrected chi connectivity index (χ3v) is 4.90. The minimum atomic E-state index is -0.933. The Labute approximate surface area is 134 Å². The van der Waals surface area contributed by atoms with Gasteiger partial charge in [0.1, 0.15) is 12.2 Å². The summed E-state index contributed by atoms with van der Waals surface area (Å²) in [6.45, 7) is 2.01. The lowest BCUT2D eigenvalue weighted by Gasteiger charge is -2.25. The molecule has 3 heteroatoms. The molecule has 0 heterocycles. The molecule has 0 amide bonds. The van der Waals surface area contributed by atoms with Crippen LogP contribution < -0.4 is 0 Å². The molecule has 3 aromatic rings. The monoisotopic (exact) mass is 306 g/mol. The normalized spacial score (nSPS) is 20.2. The minimum absolute atomic E-state index is 0.0692. The second kappa shape index (κ2) is 5.17. The van der Waals surface area contributed by atoms with E-state index in [1.54, 1.807) is 6.08 Å². The summed E-state index contributed by atoms with van der Waals surface area (Å²) in [6, 6.07) is 11.9. The summed E-state index contributed by atoms with van der Waals surface area (Å²) in [5, 5.41) is 34.3.